The van der Waals surface area contributed by atoms with Gasteiger partial charge in [-0.05, 0) is 44.0 Å². The van der Waals surface area contributed by atoms with Crippen molar-refractivity contribution in [3.8, 4) is 0 Å². The fraction of sp³-hybridized carbons (Fsp3) is 0.364. The molecular weight excluding hydrogens is 359 g/mol. The summed E-state index contributed by atoms with van der Waals surface area (Å²) in [5.74, 6) is -1.18. The van der Waals surface area contributed by atoms with Gasteiger partial charge in [0.15, 0.2) is 0 Å². The monoisotopic (exact) mass is 382 g/mol. The second-order valence-electron chi connectivity index (χ2n) is 7.21. The molecule has 0 bridgehead atoms. The van der Waals surface area contributed by atoms with Crippen LogP contribution < -0.4 is 10.7 Å². The number of rotatable bonds is 4. The standard InChI is InChI=1S/C22H23FN2O3/c1-2-28-22(27)20-18-10-6-7-11-25(18)19-13-17(16(23)12-15(19)21(20)26)24-14-8-4-3-5-9-14/h6-7,10-14,24H,2-5,8-9H2,1H3. The molecule has 2 aromatic heterocycles. The molecule has 0 amide bonds. The summed E-state index contributed by atoms with van der Waals surface area (Å²) >= 11 is 0. The molecule has 0 atom stereocenters. The van der Waals surface area contributed by atoms with E-state index in [4.69, 9.17) is 4.74 Å². The first-order valence-corrected chi connectivity index (χ1v) is 9.80. The van der Waals surface area contributed by atoms with E-state index in [1.165, 1.54) is 12.5 Å². The highest BCUT2D eigenvalue weighted by molar-refractivity contribution is 6.02. The number of pyridine rings is 2. The molecule has 2 heterocycles. The van der Waals surface area contributed by atoms with Gasteiger partial charge < -0.3 is 14.5 Å². The van der Waals surface area contributed by atoms with E-state index in [2.05, 4.69) is 5.32 Å². The molecule has 0 saturated heterocycles. The van der Waals surface area contributed by atoms with Crippen molar-refractivity contribution in [2.24, 2.45) is 0 Å². The quantitative estimate of drug-likeness (QED) is 0.533. The van der Waals surface area contributed by atoms with Gasteiger partial charge >= 0.3 is 5.97 Å². The second-order valence-corrected chi connectivity index (χ2v) is 7.21. The third kappa shape index (κ3) is 3.23. The van der Waals surface area contributed by atoms with E-state index >= 15 is 0 Å². The van der Waals surface area contributed by atoms with E-state index in [-0.39, 0.29) is 23.6 Å². The number of halogens is 1. The summed E-state index contributed by atoms with van der Waals surface area (Å²) < 4.78 is 21.6. The number of aromatic nitrogens is 1. The molecule has 5 nitrogen and oxygen atoms in total. The largest absolute Gasteiger partial charge is 0.462 e. The van der Waals surface area contributed by atoms with Gasteiger partial charge in [-0.2, -0.15) is 0 Å². The van der Waals surface area contributed by atoms with Crippen molar-refractivity contribution < 1.29 is 13.9 Å². The fourth-order valence-electron chi connectivity index (χ4n) is 4.03. The molecule has 4 rings (SSSR count). The normalized spacial score (nSPS) is 15.1. The van der Waals surface area contributed by atoms with Gasteiger partial charge in [0, 0.05) is 17.6 Å². The molecule has 0 aliphatic heterocycles. The molecule has 0 radical (unpaired) electrons. The average molecular weight is 382 g/mol. The van der Waals surface area contributed by atoms with Gasteiger partial charge in [-0.1, -0.05) is 25.3 Å². The Morgan fingerprint density at radius 2 is 2.00 bits per heavy atom. The maximum atomic E-state index is 14.8. The topological polar surface area (TPSA) is 59.8 Å². The number of nitrogens with one attached hydrogen (secondary N) is 1. The van der Waals surface area contributed by atoms with E-state index < -0.39 is 17.2 Å². The number of hydrogen-bond acceptors (Lipinski definition) is 4. The molecule has 3 aromatic rings. The third-order valence-corrected chi connectivity index (χ3v) is 5.38. The summed E-state index contributed by atoms with van der Waals surface area (Å²) in [6, 6.07) is 8.40. The lowest BCUT2D eigenvalue weighted by molar-refractivity contribution is 0.0527. The van der Waals surface area contributed by atoms with Crippen molar-refractivity contribution in [1.29, 1.82) is 0 Å². The smallest absolute Gasteiger partial charge is 0.344 e. The Kier molecular flexibility index (Phi) is 5.03. The van der Waals surface area contributed by atoms with Crippen LogP contribution in [0.4, 0.5) is 10.1 Å². The first kappa shape index (κ1) is 18.5. The lowest BCUT2D eigenvalue weighted by atomic mass is 9.95. The van der Waals surface area contributed by atoms with Crippen LogP contribution in [0.5, 0.6) is 0 Å². The Hall–Kier alpha value is -2.89. The molecule has 146 valence electrons. The van der Waals surface area contributed by atoms with Gasteiger partial charge in [0.2, 0.25) is 5.43 Å². The highest BCUT2D eigenvalue weighted by Gasteiger charge is 2.22. The minimum absolute atomic E-state index is 0.0673. The van der Waals surface area contributed by atoms with Gasteiger partial charge in [0.05, 0.1) is 23.3 Å². The van der Waals surface area contributed by atoms with E-state index in [0.717, 1.165) is 25.7 Å². The lowest BCUT2D eigenvalue weighted by Gasteiger charge is -2.24. The lowest BCUT2D eigenvalue weighted by Crippen LogP contribution is -2.23. The number of anilines is 1. The molecule has 1 N–H and O–H groups in total. The number of carbonyl (C=O) groups is 1. The molecule has 1 aliphatic carbocycles. The molecular formula is C22H23FN2O3. The Balaban J connectivity index is 1.92. The van der Waals surface area contributed by atoms with Crippen LogP contribution in [0.15, 0.2) is 41.3 Å². The summed E-state index contributed by atoms with van der Waals surface area (Å²) in [6.45, 7) is 1.84. The molecule has 28 heavy (non-hydrogen) atoms. The SMILES string of the molecule is CCOC(=O)c1c(=O)c2cc(F)c(NC3CCCCC3)cc2n2ccccc12. The third-order valence-electron chi connectivity index (χ3n) is 5.38. The van der Waals surface area contributed by atoms with Crippen molar-refractivity contribution in [2.75, 3.05) is 11.9 Å². The number of nitrogens with zero attached hydrogens (tertiary/aromatic N) is 1. The minimum atomic E-state index is -0.692. The Morgan fingerprint density at radius 1 is 1.21 bits per heavy atom. The van der Waals surface area contributed by atoms with Crippen LogP contribution in [0.1, 0.15) is 49.4 Å². The number of carbonyl (C=O) groups excluding carboxylic acids is 1. The predicted molar refractivity (Wildman–Crippen MR) is 108 cm³/mol. The molecule has 1 aromatic carbocycles. The van der Waals surface area contributed by atoms with Gasteiger partial charge in [-0.15, -0.1) is 0 Å². The maximum Gasteiger partial charge on any atom is 0.344 e. The molecule has 6 heteroatoms. The van der Waals surface area contributed by atoms with Crippen LogP contribution in [0.2, 0.25) is 0 Å². The zero-order valence-electron chi connectivity index (χ0n) is 15.8. The number of fused-ring (bicyclic) bond motifs is 3. The molecule has 1 aliphatic rings. The molecule has 0 spiro atoms. The zero-order valence-corrected chi connectivity index (χ0v) is 15.8. The summed E-state index contributed by atoms with van der Waals surface area (Å²) in [5, 5.41) is 3.47. The molecule has 1 saturated carbocycles. The predicted octanol–water partition coefficient (Wildman–Crippen LogP) is 4.51. The Labute approximate surface area is 162 Å². The summed E-state index contributed by atoms with van der Waals surface area (Å²) in [7, 11) is 0. The number of ether oxygens (including phenoxy) is 1. The Bertz CT molecular complexity index is 1100. The first-order valence-electron chi connectivity index (χ1n) is 9.80. The molecule has 1 fully saturated rings. The van der Waals surface area contributed by atoms with Gasteiger partial charge in [-0.25, -0.2) is 9.18 Å². The van der Waals surface area contributed by atoms with E-state index in [1.807, 2.05) is 6.07 Å². The van der Waals surface area contributed by atoms with Crippen LogP contribution in [-0.2, 0) is 4.74 Å². The highest BCUT2D eigenvalue weighted by atomic mass is 19.1. The summed E-state index contributed by atoms with van der Waals surface area (Å²) in [4.78, 5) is 25.4. The van der Waals surface area contributed by atoms with Crippen LogP contribution in [-0.4, -0.2) is 23.0 Å². The summed E-state index contributed by atoms with van der Waals surface area (Å²) in [6.07, 6.45) is 7.29. The van der Waals surface area contributed by atoms with Crippen LogP contribution >= 0.6 is 0 Å². The van der Waals surface area contributed by atoms with Gasteiger partial charge in [0.25, 0.3) is 0 Å². The fourth-order valence-corrected chi connectivity index (χ4v) is 4.03. The van der Waals surface area contributed by atoms with Gasteiger partial charge in [0.1, 0.15) is 11.4 Å². The number of benzene rings is 1. The van der Waals surface area contributed by atoms with Crippen molar-refractivity contribution in [3.05, 3.63) is 58.1 Å². The van der Waals surface area contributed by atoms with E-state index in [9.17, 15) is 14.0 Å². The van der Waals surface area contributed by atoms with E-state index in [1.54, 1.807) is 35.7 Å². The van der Waals surface area contributed by atoms with Crippen molar-refractivity contribution in [3.63, 3.8) is 0 Å². The van der Waals surface area contributed by atoms with Crippen LogP contribution in [0.25, 0.3) is 16.4 Å². The summed E-state index contributed by atoms with van der Waals surface area (Å²) in [5.41, 5.74) is 0.826. The van der Waals surface area contributed by atoms with Crippen LogP contribution in [0, 0.1) is 5.82 Å². The number of esters is 1. The number of hydrogen-bond donors (Lipinski definition) is 1. The maximum absolute atomic E-state index is 14.8. The van der Waals surface area contributed by atoms with Crippen molar-refractivity contribution in [1.82, 2.24) is 4.40 Å². The van der Waals surface area contributed by atoms with E-state index in [0.29, 0.717) is 16.7 Å². The highest BCUT2D eigenvalue weighted by Crippen LogP contribution is 2.27. The minimum Gasteiger partial charge on any atom is -0.462 e. The van der Waals surface area contributed by atoms with Crippen molar-refractivity contribution >= 4 is 28.1 Å². The van der Waals surface area contributed by atoms with Gasteiger partial charge in [-0.3, -0.25) is 4.79 Å². The van der Waals surface area contributed by atoms with Crippen LogP contribution in [0.3, 0.4) is 0 Å². The first-order chi connectivity index (χ1) is 13.6. The zero-order chi connectivity index (χ0) is 19.7. The Morgan fingerprint density at radius 3 is 2.75 bits per heavy atom. The average Bonchev–Trinajstić information content (AvgIpc) is 2.70. The second kappa shape index (κ2) is 7.62. The molecule has 0 unspecified atom stereocenters. The van der Waals surface area contributed by atoms with Crippen molar-refractivity contribution in [2.45, 2.75) is 45.1 Å².